The van der Waals surface area contributed by atoms with Crippen LogP contribution >= 0.6 is 11.8 Å². The molecule has 1 aliphatic heterocycles. The summed E-state index contributed by atoms with van der Waals surface area (Å²) in [7, 11) is 0. The van der Waals surface area contributed by atoms with Crippen LogP contribution in [0.3, 0.4) is 0 Å². The number of nitrogens with zero attached hydrogens (tertiary/aromatic N) is 4. The van der Waals surface area contributed by atoms with E-state index in [1.54, 1.807) is 0 Å². The Labute approximate surface area is 164 Å². The summed E-state index contributed by atoms with van der Waals surface area (Å²) in [5, 5.41) is 10.8. The van der Waals surface area contributed by atoms with Crippen LogP contribution in [0.5, 0.6) is 0 Å². The monoisotopic (exact) mass is 382 g/mol. The van der Waals surface area contributed by atoms with Gasteiger partial charge in [-0.05, 0) is 61.8 Å². The quantitative estimate of drug-likeness (QED) is 0.634. The number of aromatic nitrogens is 3. The molecule has 2 aromatic heterocycles. The van der Waals surface area contributed by atoms with E-state index in [0.717, 1.165) is 47.8 Å². The topological polar surface area (TPSA) is 50.5 Å². The van der Waals surface area contributed by atoms with Crippen molar-refractivity contribution in [3.63, 3.8) is 0 Å². The fourth-order valence-corrected chi connectivity index (χ4v) is 4.73. The van der Waals surface area contributed by atoms with Gasteiger partial charge in [0.15, 0.2) is 10.8 Å². The Balaban J connectivity index is 1.68. The minimum absolute atomic E-state index is 0.212. The van der Waals surface area contributed by atoms with Crippen LogP contribution in [0.2, 0.25) is 0 Å². The van der Waals surface area contributed by atoms with Crippen LogP contribution in [0.25, 0.3) is 16.6 Å². The van der Waals surface area contributed by atoms with Crippen molar-refractivity contribution in [1.82, 2.24) is 19.5 Å². The summed E-state index contributed by atoms with van der Waals surface area (Å²) in [6, 6.07) is 6.48. The van der Waals surface area contributed by atoms with Crippen LogP contribution in [-0.2, 0) is 4.79 Å². The lowest BCUT2D eigenvalue weighted by Crippen LogP contribution is -2.33. The van der Waals surface area contributed by atoms with E-state index in [0.29, 0.717) is 5.75 Å². The van der Waals surface area contributed by atoms with Crippen molar-refractivity contribution >= 4 is 34.2 Å². The van der Waals surface area contributed by atoms with E-state index in [1.165, 1.54) is 41.1 Å². The average molecular weight is 383 g/mol. The van der Waals surface area contributed by atoms with E-state index in [1.807, 2.05) is 4.90 Å². The van der Waals surface area contributed by atoms with Crippen molar-refractivity contribution in [2.24, 2.45) is 0 Å². The standard InChI is InChI=1S/C21H26N4OS/c1-14-8-9-17-12-15(2)20-22-23-21(25(20)19(17)16(14)3)27-13-18(26)24-10-6-4-5-7-11-24/h8-9,12H,4-7,10-11,13H2,1-3H3. The zero-order valence-electron chi connectivity index (χ0n) is 16.3. The van der Waals surface area contributed by atoms with Crippen molar-refractivity contribution in [3.05, 3.63) is 34.9 Å². The second-order valence-electron chi connectivity index (χ2n) is 7.50. The van der Waals surface area contributed by atoms with Gasteiger partial charge in [0.1, 0.15) is 0 Å². The summed E-state index contributed by atoms with van der Waals surface area (Å²) in [6.45, 7) is 8.11. The van der Waals surface area contributed by atoms with Crippen molar-refractivity contribution in [1.29, 1.82) is 0 Å². The third kappa shape index (κ3) is 3.43. The van der Waals surface area contributed by atoms with Gasteiger partial charge < -0.3 is 4.90 Å². The molecule has 27 heavy (non-hydrogen) atoms. The normalized spacial score (nSPS) is 15.4. The molecule has 1 saturated heterocycles. The molecule has 0 aliphatic carbocycles. The number of rotatable bonds is 3. The first kappa shape index (κ1) is 18.3. The molecular formula is C21H26N4OS. The van der Waals surface area contributed by atoms with Crippen LogP contribution in [0.1, 0.15) is 42.4 Å². The molecule has 142 valence electrons. The van der Waals surface area contributed by atoms with Crippen LogP contribution < -0.4 is 0 Å². The van der Waals surface area contributed by atoms with Crippen LogP contribution in [0, 0.1) is 20.8 Å². The molecule has 1 fully saturated rings. The number of aryl methyl sites for hydroxylation is 3. The molecule has 0 N–H and O–H groups in total. The highest BCUT2D eigenvalue weighted by Crippen LogP contribution is 2.29. The third-order valence-corrected chi connectivity index (χ3v) is 6.51. The molecule has 4 rings (SSSR count). The minimum Gasteiger partial charge on any atom is -0.342 e. The van der Waals surface area contributed by atoms with Gasteiger partial charge in [0, 0.05) is 13.1 Å². The van der Waals surface area contributed by atoms with Crippen molar-refractivity contribution in [2.75, 3.05) is 18.8 Å². The lowest BCUT2D eigenvalue weighted by Gasteiger charge is -2.19. The second-order valence-corrected chi connectivity index (χ2v) is 8.44. The molecule has 0 radical (unpaired) electrons. The summed E-state index contributed by atoms with van der Waals surface area (Å²) in [6.07, 6.45) is 4.70. The summed E-state index contributed by atoms with van der Waals surface area (Å²) in [5.41, 5.74) is 5.60. The van der Waals surface area contributed by atoms with E-state index in [2.05, 4.69) is 53.6 Å². The van der Waals surface area contributed by atoms with Gasteiger partial charge in [-0.15, -0.1) is 10.2 Å². The van der Waals surface area contributed by atoms with Gasteiger partial charge in [-0.25, -0.2) is 0 Å². The smallest absolute Gasteiger partial charge is 0.233 e. The maximum Gasteiger partial charge on any atom is 0.233 e. The molecule has 3 aromatic rings. The van der Waals surface area contributed by atoms with Gasteiger partial charge in [-0.1, -0.05) is 36.7 Å². The fraction of sp³-hybridized carbons (Fsp3) is 0.476. The number of hydrogen-bond donors (Lipinski definition) is 0. The zero-order valence-corrected chi connectivity index (χ0v) is 17.1. The van der Waals surface area contributed by atoms with E-state index >= 15 is 0 Å². The number of pyridine rings is 1. The molecule has 3 heterocycles. The van der Waals surface area contributed by atoms with Gasteiger partial charge in [-0.2, -0.15) is 0 Å². The molecule has 0 unspecified atom stereocenters. The number of benzene rings is 1. The van der Waals surface area contributed by atoms with Crippen molar-refractivity contribution in [3.8, 4) is 0 Å². The highest BCUT2D eigenvalue weighted by atomic mass is 32.2. The number of carbonyl (C=O) groups is 1. The first-order valence-corrected chi connectivity index (χ1v) is 10.7. The van der Waals surface area contributed by atoms with Crippen molar-refractivity contribution in [2.45, 2.75) is 51.6 Å². The molecule has 1 amide bonds. The minimum atomic E-state index is 0.212. The number of thioether (sulfide) groups is 1. The third-order valence-electron chi connectivity index (χ3n) is 5.60. The molecule has 6 heteroatoms. The first-order chi connectivity index (χ1) is 13.1. The number of likely N-dealkylation sites (tertiary alicyclic amines) is 1. The number of amides is 1. The number of fused-ring (bicyclic) bond motifs is 3. The predicted molar refractivity (Wildman–Crippen MR) is 110 cm³/mol. The zero-order chi connectivity index (χ0) is 19.0. The Hall–Kier alpha value is -2.08. The Morgan fingerprint density at radius 3 is 2.52 bits per heavy atom. The Bertz CT molecular complexity index is 1000. The molecule has 0 atom stereocenters. The lowest BCUT2D eigenvalue weighted by molar-refractivity contribution is -0.128. The summed E-state index contributed by atoms with van der Waals surface area (Å²) < 4.78 is 2.13. The molecule has 0 bridgehead atoms. The Kier molecular flexibility index (Phi) is 5.08. The summed E-state index contributed by atoms with van der Waals surface area (Å²) in [5.74, 6) is 0.629. The Morgan fingerprint density at radius 2 is 1.78 bits per heavy atom. The van der Waals surface area contributed by atoms with E-state index in [9.17, 15) is 4.79 Å². The summed E-state index contributed by atoms with van der Waals surface area (Å²) >= 11 is 1.50. The Morgan fingerprint density at radius 1 is 1.04 bits per heavy atom. The first-order valence-electron chi connectivity index (χ1n) is 9.71. The maximum absolute atomic E-state index is 12.7. The van der Waals surface area contributed by atoms with Gasteiger partial charge in [0.2, 0.25) is 5.91 Å². The largest absolute Gasteiger partial charge is 0.342 e. The van der Waals surface area contributed by atoms with Crippen molar-refractivity contribution < 1.29 is 4.79 Å². The number of hydrogen-bond acceptors (Lipinski definition) is 4. The number of carbonyl (C=O) groups excluding carboxylic acids is 1. The SMILES string of the molecule is Cc1ccc2cc(C)c3nnc(SCC(=O)N4CCCCCC4)n3c2c1C. The predicted octanol–water partition coefficient (Wildman–Crippen LogP) is 4.30. The second kappa shape index (κ2) is 7.50. The van der Waals surface area contributed by atoms with E-state index in [-0.39, 0.29) is 5.91 Å². The van der Waals surface area contributed by atoms with Crippen LogP contribution in [0.15, 0.2) is 23.4 Å². The van der Waals surface area contributed by atoms with Gasteiger partial charge >= 0.3 is 0 Å². The highest BCUT2D eigenvalue weighted by molar-refractivity contribution is 7.99. The van der Waals surface area contributed by atoms with Crippen LogP contribution in [-0.4, -0.2) is 44.2 Å². The lowest BCUT2D eigenvalue weighted by atomic mass is 10.0. The molecular weight excluding hydrogens is 356 g/mol. The molecule has 1 aliphatic rings. The molecule has 0 saturated carbocycles. The van der Waals surface area contributed by atoms with Gasteiger partial charge in [0.25, 0.3) is 0 Å². The molecule has 0 spiro atoms. The maximum atomic E-state index is 12.7. The van der Waals surface area contributed by atoms with E-state index < -0.39 is 0 Å². The van der Waals surface area contributed by atoms with Gasteiger partial charge in [-0.3, -0.25) is 9.20 Å². The fourth-order valence-electron chi connectivity index (χ4n) is 3.89. The molecule has 5 nitrogen and oxygen atoms in total. The average Bonchev–Trinajstić information content (AvgIpc) is 2.89. The van der Waals surface area contributed by atoms with Crippen LogP contribution in [0.4, 0.5) is 0 Å². The van der Waals surface area contributed by atoms with E-state index in [4.69, 9.17) is 0 Å². The van der Waals surface area contributed by atoms with Gasteiger partial charge in [0.05, 0.1) is 11.3 Å². The highest BCUT2D eigenvalue weighted by Gasteiger charge is 2.19. The molecule has 1 aromatic carbocycles. The summed E-state index contributed by atoms with van der Waals surface area (Å²) in [4.78, 5) is 14.7.